The van der Waals surface area contributed by atoms with E-state index in [1.54, 1.807) is 0 Å². The fourth-order valence-electron chi connectivity index (χ4n) is 2.26. The Kier molecular flexibility index (Phi) is 6.63. The molecule has 0 heterocycles. The predicted octanol–water partition coefficient (Wildman–Crippen LogP) is 2.58. The zero-order chi connectivity index (χ0) is 16.5. The Morgan fingerprint density at radius 2 is 2.00 bits per heavy atom. The molecule has 2 rings (SSSR count). The van der Waals surface area contributed by atoms with Gasteiger partial charge >= 0.3 is 0 Å². The molecule has 4 nitrogen and oxygen atoms in total. The van der Waals surface area contributed by atoms with Crippen molar-refractivity contribution in [1.82, 2.24) is 5.32 Å². The maximum absolute atomic E-state index is 11.8. The molecule has 2 aromatic carbocycles. The number of aryl methyl sites for hydroxylation is 1. The minimum Gasteiger partial charge on any atom is -0.489 e. The van der Waals surface area contributed by atoms with E-state index < -0.39 is 0 Å². The highest BCUT2D eigenvalue weighted by Gasteiger charge is 2.05. The molecule has 1 amide bonds. The van der Waals surface area contributed by atoms with E-state index in [0.717, 1.165) is 23.3 Å². The van der Waals surface area contributed by atoms with E-state index >= 15 is 0 Å². The van der Waals surface area contributed by atoms with E-state index in [-0.39, 0.29) is 5.91 Å². The van der Waals surface area contributed by atoms with Crippen molar-refractivity contribution in [2.75, 3.05) is 13.1 Å². The van der Waals surface area contributed by atoms with Crippen LogP contribution in [0.25, 0.3) is 0 Å². The van der Waals surface area contributed by atoms with Gasteiger partial charge in [0.05, 0.1) is 6.42 Å². The van der Waals surface area contributed by atoms with Crippen molar-refractivity contribution in [2.24, 2.45) is 5.73 Å². The number of hydrogen-bond donors (Lipinski definition) is 2. The lowest BCUT2D eigenvalue weighted by Crippen LogP contribution is -2.27. The van der Waals surface area contributed by atoms with Gasteiger partial charge in [-0.2, -0.15) is 0 Å². The van der Waals surface area contributed by atoms with Crippen LogP contribution in [0.5, 0.6) is 5.75 Å². The van der Waals surface area contributed by atoms with Crippen molar-refractivity contribution in [2.45, 2.75) is 26.4 Å². The normalized spacial score (nSPS) is 10.3. The van der Waals surface area contributed by atoms with Gasteiger partial charge in [0.25, 0.3) is 0 Å². The summed E-state index contributed by atoms with van der Waals surface area (Å²) in [5, 5.41) is 2.86. The number of rotatable bonds is 8. The van der Waals surface area contributed by atoms with E-state index in [1.807, 2.05) is 36.4 Å². The number of carbonyl (C=O) groups is 1. The first-order valence-electron chi connectivity index (χ1n) is 7.92. The van der Waals surface area contributed by atoms with Crippen molar-refractivity contribution in [3.63, 3.8) is 0 Å². The number of nitrogens with one attached hydrogen (secondary N) is 1. The van der Waals surface area contributed by atoms with Gasteiger partial charge in [-0.3, -0.25) is 4.79 Å². The molecule has 0 aromatic heterocycles. The predicted molar refractivity (Wildman–Crippen MR) is 92.3 cm³/mol. The highest BCUT2D eigenvalue weighted by atomic mass is 16.5. The summed E-state index contributed by atoms with van der Waals surface area (Å²) in [6, 6.07) is 15.8. The van der Waals surface area contributed by atoms with E-state index in [4.69, 9.17) is 10.5 Å². The standard InChI is InChI=1S/C19H24N2O2/c1-15-6-2-3-8-17(15)14-23-18-9-4-7-16(12-18)13-19(22)21-11-5-10-20/h2-4,6-9,12H,5,10-11,13-14,20H2,1H3,(H,21,22). The van der Waals surface area contributed by atoms with Gasteiger partial charge in [-0.25, -0.2) is 0 Å². The van der Waals surface area contributed by atoms with E-state index in [9.17, 15) is 4.79 Å². The molecule has 0 unspecified atom stereocenters. The van der Waals surface area contributed by atoms with Crippen LogP contribution in [0.2, 0.25) is 0 Å². The fraction of sp³-hybridized carbons (Fsp3) is 0.316. The third-order valence-corrected chi connectivity index (χ3v) is 3.62. The summed E-state index contributed by atoms with van der Waals surface area (Å²) in [5.74, 6) is 0.787. The Labute approximate surface area is 137 Å². The van der Waals surface area contributed by atoms with Crippen LogP contribution in [-0.4, -0.2) is 19.0 Å². The Morgan fingerprint density at radius 3 is 2.78 bits per heavy atom. The molecule has 3 N–H and O–H groups in total. The maximum Gasteiger partial charge on any atom is 0.224 e. The molecule has 4 heteroatoms. The van der Waals surface area contributed by atoms with Crippen molar-refractivity contribution >= 4 is 5.91 Å². The summed E-state index contributed by atoms with van der Waals surface area (Å²) < 4.78 is 5.85. The molecule has 0 radical (unpaired) electrons. The van der Waals surface area contributed by atoms with Crippen molar-refractivity contribution in [3.8, 4) is 5.75 Å². The van der Waals surface area contributed by atoms with Crippen LogP contribution in [0.4, 0.5) is 0 Å². The molecule has 122 valence electrons. The monoisotopic (exact) mass is 312 g/mol. The van der Waals surface area contributed by atoms with Gasteiger partial charge in [0.1, 0.15) is 12.4 Å². The Morgan fingerprint density at radius 1 is 1.17 bits per heavy atom. The topological polar surface area (TPSA) is 64.3 Å². The third kappa shape index (κ3) is 5.75. The summed E-state index contributed by atoms with van der Waals surface area (Å²) in [5.41, 5.74) is 8.73. The number of carbonyl (C=O) groups excluding carboxylic acids is 1. The van der Waals surface area contributed by atoms with Crippen molar-refractivity contribution in [1.29, 1.82) is 0 Å². The first kappa shape index (κ1) is 17.0. The molecule has 0 saturated heterocycles. The zero-order valence-electron chi connectivity index (χ0n) is 13.5. The largest absolute Gasteiger partial charge is 0.489 e. The highest BCUT2D eigenvalue weighted by Crippen LogP contribution is 2.17. The van der Waals surface area contributed by atoms with E-state index in [2.05, 4.69) is 24.4 Å². The van der Waals surface area contributed by atoms with Gasteiger partial charge in [0.2, 0.25) is 5.91 Å². The maximum atomic E-state index is 11.8. The van der Waals surface area contributed by atoms with Crippen LogP contribution in [0.15, 0.2) is 48.5 Å². The average Bonchev–Trinajstić information content (AvgIpc) is 2.55. The molecule has 0 aliphatic rings. The van der Waals surface area contributed by atoms with Gasteiger partial charge in [-0.15, -0.1) is 0 Å². The average molecular weight is 312 g/mol. The molecule has 0 aliphatic heterocycles. The summed E-state index contributed by atoms with van der Waals surface area (Å²) >= 11 is 0. The first-order valence-corrected chi connectivity index (χ1v) is 7.92. The Bertz CT molecular complexity index is 641. The molecular formula is C19H24N2O2. The smallest absolute Gasteiger partial charge is 0.224 e. The van der Waals surface area contributed by atoms with Gasteiger partial charge in [-0.1, -0.05) is 36.4 Å². The summed E-state index contributed by atoms with van der Waals surface area (Å²) in [7, 11) is 0. The van der Waals surface area contributed by atoms with Crippen molar-refractivity contribution in [3.05, 3.63) is 65.2 Å². The number of nitrogens with two attached hydrogens (primary N) is 1. The minimum absolute atomic E-state index is 0.00880. The van der Waals surface area contributed by atoms with Crippen LogP contribution < -0.4 is 15.8 Å². The van der Waals surface area contributed by atoms with Gasteiger partial charge in [0, 0.05) is 6.54 Å². The van der Waals surface area contributed by atoms with Gasteiger partial charge in [-0.05, 0) is 48.7 Å². The van der Waals surface area contributed by atoms with E-state index in [0.29, 0.717) is 26.1 Å². The lowest BCUT2D eigenvalue weighted by molar-refractivity contribution is -0.120. The van der Waals surface area contributed by atoms with Crippen LogP contribution in [0.3, 0.4) is 0 Å². The minimum atomic E-state index is 0.00880. The quantitative estimate of drug-likeness (QED) is 0.736. The lowest BCUT2D eigenvalue weighted by Gasteiger charge is -2.10. The molecule has 0 atom stereocenters. The molecule has 0 aliphatic carbocycles. The highest BCUT2D eigenvalue weighted by molar-refractivity contribution is 5.78. The molecule has 23 heavy (non-hydrogen) atoms. The van der Waals surface area contributed by atoms with Gasteiger partial charge < -0.3 is 15.8 Å². The van der Waals surface area contributed by atoms with E-state index in [1.165, 1.54) is 5.56 Å². The van der Waals surface area contributed by atoms with Crippen LogP contribution in [-0.2, 0) is 17.8 Å². The molecule has 0 spiro atoms. The van der Waals surface area contributed by atoms with Crippen LogP contribution >= 0.6 is 0 Å². The van der Waals surface area contributed by atoms with Gasteiger partial charge in [0.15, 0.2) is 0 Å². The van der Waals surface area contributed by atoms with Crippen LogP contribution in [0, 0.1) is 6.92 Å². The molecule has 0 bridgehead atoms. The molecule has 0 fully saturated rings. The first-order chi connectivity index (χ1) is 11.2. The van der Waals surface area contributed by atoms with Crippen molar-refractivity contribution < 1.29 is 9.53 Å². The Balaban J connectivity index is 1.89. The third-order valence-electron chi connectivity index (χ3n) is 3.62. The number of hydrogen-bond acceptors (Lipinski definition) is 3. The fourth-order valence-corrected chi connectivity index (χ4v) is 2.26. The number of benzene rings is 2. The molecule has 2 aromatic rings. The summed E-state index contributed by atoms with van der Waals surface area (Å²) in [6.45, 7) is 3.81. The summed E-state index contributed by atoms with van der Waals surface area (Å²) in [6.07, 6.45) is 1.15. The molecule has 0 saturated carbocycles. The zero-order valence-corrected chi connectivity index (χ0v) is 13.5. The Hall–Kier alpha value is -2.33. The SMILES string of the molecule is Cc1ccccc1COc1cccc(CC(=O)NCCCN)c1. The summed E-state index contributed by atoms with van der Waals surface area (Å²) in [4.78, 5) is 11.8. The second-order valence-corrected chi connectivity index (χ2v) is 5.53. The second-order valence-electron chi connectivity index (χ2n) is 5.53. The lowest BCUT2D eigenvalue weighted by atomic mass is 10.1. The molecular weight excluding hydrogens is 288 g/mol. The second kappa shape index (κ2) is 8.96. The number of ether oxygens (including phenoxy) is 1. The number of amides is 1. The van der Waals surface area contributed by atoms with Crippen LogP contribution in [0.1, 0.15) is 23.1 Å².